The molecule has 29 heavy (non-hydrogen) atoms. The number of nitrogens with one attached hydrogen (secondary N) is 2. The van der Waals surface area contributed by atoms with E-state index in [0.717, 1.165) is 24.1 Å². The Morgan fingerprint density at radius 1 is 1.07 bits per heavy atom. The van der Waals surface area contributed by atoms with Gasteiger partial charge in [0.1, 0.15) is 18.2 Å². The monoisotopic (exact) mass is 404 g/mol. The van der Waals surface area contributed by atoms with Crippen LogP contribution < -0.4 is 10.6 Å². The number of hydrogen-bond donors (Lipinski definition) is 2. The van der Waals surface area contributed by atoms with Gasteiger partial charge in [-0.2, -0.15) is 0 Å². The van der Waals surface area contributed by atoms with Crippen LogP contribution >= 0.6 is 0 Å². The van der Waals surface area contributed by atoms with Crippen molar-refractivity contribution in [2.45, 2.75) is 26.3 Å². The summed E-state index contributed by atoms with van der Waals surface area (Å²) in [7, 11) is 0. The van der Waals surface area contributed by atoms with E-state index in [1.807, 2.05) is 31.2 Å². The van der Waals surface area contributed by atoms with Crippen molar-refractivity contribution >= 4 is 17.8 Å². The molecule has 0 aliphatic rings. The fraction of sp³-hybridized carbons (Fsp3) is 0.286. The third-order valence-electron chi connectivity index (χ3n) is 4.20. The van der Waals surface area contributed by atoms with Gasteiger partial charge in [0.2, 0.25) is 0 Å². The second-order valence-corrected chi connectivity index (χ2v) is 6.35. The van der Waals surface area contributed by atoms with Gasteiger partial charge in [0.25, 0.3) is 11.8 Å². The molecule has 0 aromatic heterocycles. The van der Waals surface area contributed by atoms with Gasteiger partial charge in [-0.25, -0.2) is 8.78 Å². The Bertz CT molecular complexity index is 885. The molecule has 8 heteroatoms. The molecule has 2 rings (SSSR count). The predicted molar refractivity (Wildman–Crippen MR) is 102 cm³/mol. The summed E-state index contributed by atoms with van der Waals surface area (Å²) in [5.41, 5.74) is 1.69. The lowest BCUT2D eigenvalue weighted by molar-refractivity contribution is -0.147. The van der Waals surface area contributed by atoms with Gasteiger partial charge in [0.05, 0.1) is 11.6 Å². The molecule has 0 fully saturated rings. The number of esters is 1. The van der Waals surface area contributed by atoms with Crippen molar-refractivity contribution in [2.24, 2.45) is 0 Å². The van der Waals surface area contributed by atoms with Gasteiger partial charge in [-0.05, 0) is 36.6 Å². The molecule has 1 unspecified atom stereocenters. The summed E-state index contributed by atoms with van der Waals surface area (Å²) in [4.78, 5) is 35.4. The van der Waals surface area contributed by atoms with E-state index in [-0.39, 0.29) is 6.04 Å². The van der Waals surface area contributed by atoms with E-state index in [0.29, 0.717) is 6.07 Å². The second-order valence-electron chi connectivity index (χ2n) is 6.35. The van der Waals surface area contributed by atoms with E-state index in [4.69, 9.17) is 4.74 Å². The van der Waals surface area contributed by atoms with Crippen LogP contribution in [0.2, 0.25) is 0 Å². The molecule has 0 heterocycles. The van der Waals surface area contributed by atoms with Crippen molar-refractivity contribution < 1.29 is 27.9 Å². The Labute approximate surface area is 167 Å². The topological polar surface area (TPSA) is 84.5 Å². The molecular weight excluding hydrogens is 382 g/mol. The highest BCUT2D eigenvalue weighted by Crippen LogP contribution is 2.13. The minimum atomic E-state index is -1.05. The average Bonchev–Trinajstić information content (AvgIpc) is 2.70. The third-order valence-corrected chi connectivity index (χ3v) is 4.20. The lowest BCUT2D eigenvalue weighted by Crippen LogP contribution is -2.35. The number of rotatable bonds is 8. The van der Waals surface area contributed by atoms with Crippen LogP contribution in [-0.4, -0.2) is 30.9 Å². The Balaban J connectivity index is 1.74. The molecule has 2 aromatic carbocycles. The number of hydrogen-bond acceptors (Lipinski definition) is 4. The van der Waals surface area contributed by atoms with Crippen LogP contribution in [0.15, 0.2) is 42.5 Å². The maximum absolute atomic E-state index is 13.5. The maximum atomic E-state index is 13.5. The molecule has 0 spiro atoms. The SMILES string of the molecule is CCc1ccc(C(C)NC(=O)COC(=O)CNC(=O)c2ccc(F)cc2F)cc1. The molecule has 0 bridgehead atoms. The average molecular weight is 404 g/mol. The molecule has 6 nitrogen and oxygen atoms in total. The van der Waals surface area contributed by atoms with Gasteiger partial charge in [0.15, 0.2) is 6.61 Å². The minimum absolute atomic E-state index is 0.270. The molecule has 0 aliphatic carbocycles. The molecule has 0 radical (unpaired) electrons. The minimum Gasteiger partial charge on any atom is -0.454 e. The largest absolute Gasteiger partial charge is 0.454 e. The van der Waals surface area contributed by atoms with Crippen molar-refractivity contribution in [3.63, 3.8) is 0 Å². The number of benzene rings is 2. The van der Waals surface area contributed by atoms with Gasteiger partial charge < -0.3 is 15.4 Å². The zero-order chi connectivity index (χ0) is 21.4. The van der Waals surface area contributed by atoms with Crippen LogP contribution in [0.5, 0.6) is 0 Å². The summed E-state index contributed by atoms with van der Waals surface area (Å²) in [5, 5.41) is 4.86. The van der Waals surface area contributed by atoms with Crippen LogP contribution in [-0.2, 0) is 20.7 Å². The first-order valence-corrected chi connectivity index (χ1v) is 9.07. The zero-order valence-corrected chi connectivity index (χ0v) is 16.1. The van der Waals surface area contributed by atoms with Crippen molar-refractivity contribution in [2.75, 3.05) is 13.2 Å². The standard InChI is InChI=1S/C21H22F2N2O4/c1-3-14-4-6-15(7-5-14)13(2)25-19(26)12-29-20(27)11-24-21(28)17-9-8-16(22)10-18(17)23/h4-10,13H,3,11-12H2,1-2H3,(H,24,28)(H,25,26). The molecule has 0 saturated heterocycles. The van der Waals surface area contributed by atoms with Crippen LogP contribution in [0.3, 0.4) is 0 Å². The molecule has 2 amide bonds. The predicted octanol–water partition coefficient (Wildman–Crippen LogP) is 2.68. The van der Waals surface area contributed by atoms with Crippen LogP contribution in [0.1, 0.15) is 41.4 Å². The van der Waals surface area contributed by atoms with E-state index >= 15 is 0 Å². The highest BCUT2D eigenvalue weighted by Gasteiger charge is 2.15. The van der Waals surface area contributed by atoms with Gasteiger partial charge >= 0.3 is 5.97 Å². The number of ether oxygens (including phenoxy) is 1. The Morgan fingerprint density at radius 3 is 2.38 bits per heavy atom. The van der Waals surface area contributed by atoms with Crippen molar-refractivity contribution in [3.05, 3.63) is 70.8 Å². The van der Waals surface area contributed by atoms with Gasteiger partial charge in [-0.15, -0.1) is 0 Å². The maximum Gasteiger partial charge on any atom is 0.325 e. The Kier molecular flexibility index (Phi) is 7.82. The zero-order valence-electron chi connectivity index (χ0n) is 16.1. The number of amides is 2. The molecule has 1 atom stereocenters. The lowest BCUT2D eigenvalue weighted by Gasteiger charge is -2.15. The van der Waals surface area contributed by atoms with E-state index in [1.165, 1.54) is 5.56 Å². The summed E-state index contributed by atoms with van der Waals surface area (Å²) in [6.45, 7) is 2.78. The summed E-state index contributed by atoms with van der Waals surface area (Å²) in [6.07, 6.45) is 0.918. The van der Waals surface area contributed by atoms with Crippen molar-refractivity contribution in [1.29, 1.82) is 0 Å². The Morgan fingerprint density at radius 2 is 1.76 bits per heavy atom. The van der Waals surface area contributed by atoms with Crippen molar-refractivity contribution in [1.82, 2.24) is 10.6 Å². The molecule has 2 N–H and O–H groups in total. The van der Waals surface area contributed by atoms with Crippen LogP contribution in [0.25, 0.3) is 0 Å². The molecule has 2 aromatic rings. The summed E-state index contributed by atoms with van der Waals surface area (Å²) in [6, 6.07) is 9.97. The van der Waals surface area contributed by atoms with Gasteiger partial charge in [-0.3, -0.25) is 14.4 Å². The van der Waals surface area contributed by atoms with Crippen LogP contribution in [0, 0.1) is 11.6 Å². The highest BCUT2D eigenvalue weighted by molar-refractivity contribution is 5.96. The first kappa shape index (κ1) is 22.0. The highest BCUT2D eigenvalue weighted by atomic mass is 19.1. The Hall–Kier alpha value is -3.29. The van der Waals surface area contributed by atoms with Gasteiger partial charge in [0, 0.05) is 6.07 Å². The third kappa shape index (κ3) is 6.67. The lowest BCUT2D eigenvalue weighted by atomic mass is 10.1. The smallest absolute Gasteiger partial charge is 0.325 e. The number of carbonyl (C=O) groups is 3. The number of halogens is 2. The van der Waals surface area contributed by atoms with Crippen molar-refractivity contribution in [3.8, 4) is 0 Å². The first-order chi connectivity index (χ1) is 13.8. The van der Waals surface area contributed by atoms with E-state index in [2.05, 4.69) is 10.6 Å². The number of carbonyl (C=O) groups excluding carboxylic acids is 3. The molecule has 154 valence electrons. The summed E-state index contributed by atoms with van der Waals surface area (Å²) < 4.78 is 31.2. The normalized spacial score (nSPS) is 11.4. The van der Waals surface area contributed by atoms with E-state index in [9.17, 15) is 23.2 Å². The van der Waals surface area contributed by atoms with E-state index in [1.54, 1.807) is 6.92 Å². The summed E-state index contributed by atoms with van der Waals surface area (Å²) >= 11 is 0. The fourth-order valence-corrected chi connectivity index (χ4v) is 2.53. The van der Waals surface area contributed by atoms with E-state index < -0.39 is 48.1 Å². The van der Waals surface area contributed by atoms with Crippen LogP contribution in [0.4, 0.5) is 8.78 Å². The molecular formula is C21H22F2N2O4. The second kappa shape index (κ2) is 10.3. The first-order valence-electron chi connectivity index (χ1n) is 9.07. The molecule has 0 saturated carbocycles. The quantitative estimate of drug-likeness (QED) is 0.663. The number of aryl methyl sites for hydroxylation is 1. The van der Waals surface area contributed by atoms with Gasteiger partial charge in [-0.1, -0.05) is 31.2 Å². The fourth-order valence-electron chi connectivity index (χ4n) is 2.53. The summed E-state index contributed by atoms with van der Waals surface area (Å²) in [5.74, 6) is -4.12. The molecule has 0 aliphatic heterocycles.